The fourth-order valence-corrected chi connectivity index (χ4v) is 6.72. The number of carbonyl (C=O) groups is 3. The van der Waals surface area contributed by atoms with Gasteiger partial charge in [-0.3, -0.25) is 14.5 Å². The van der Waals surface area contributed by atoms with Crippen LogP contribution in [-0.2, 0) is 15.9 Å². The van der Waals surface area contributed by atoms with Gasteiger partial charge in [0.05, 0.1) is 18.2 Å². The summed E-state index contributed by atoms with van der Waals surface area (Å²) in [7, 11) is 3.76. The number of allylic oxidation sites excluding steroid dienone is 1. The minimum absolute atomic E-state index is 0.0477. The molecule has 4 aliphatic rings. The molecule has 6 rings (SSSR count). The molecule has 2 heterocycles. The number of halogens is 1. The number of ether oxygens (including phenoxy) is 4. The van der Waals surface area contributed by atoms with Gasteiger partial charge in [0.25, 0.3) is 5.88 Å². The molecule has 0 unspecified atom stereocenters. The number of aromatic nitrogens is 1. The summed E-state index contributed by atoms with van der Waals surface area (Å²) in [4.78, 5) is 42.8. The maximum absolute atomic E-state index is 15.6. The van der Waals surface area contributed by atoms with Crippen LogP contribution in [-0.4, -0.2) is 59.7 Å². The van der Waals surface area contributed by atoms with E-state index in [0.29, 0.717) is 24.4 Å². The molecular formula is C31H35FN2O8. The number of unbranched alkanes of at least 4 members (excludes halogenated alkanes) is 1. The van der Waals surface area contributed by atoms with Gasteiger partial charge in [-0.25, -0.2) is 9.18 Å². The highest BCUT2D eigenvalue weighted by Gasteiger charge is 2.75. The zero-order valence-corrected chi connectivity index (χ0v) is 24.9. The summed E-state index contributed by atoms with van der Waals surface area (Å²) >= 11 is 0. The van der Waals surface area contributed by atoms with Gasteiger partial charge in [-0.05, 0) is 83.8 Å². The van der Waals surface area contributed by atoms with Crippen LogP contribution in [0.3, 0.4) is 0 Å². The van der Waals surface area contributed by atoms with E-state index in [1.807, 2.05) is 25.9 Å². The summed E-state index contributed by atoms with van der Waals surface area (Å²) in [5, 5.41) is 4.09. The number of aryl methyl sites for hydroxylation is 1. The Labute approximate surface area is 243 Å². The number of carbonyl (C=O) groups excluding carboxylic acids is 3. The first-order valence-electron chi connectivity index (χ1n) is 14.3. The summed E-state index contributed by atoms with van der Waals surface area (Å²) in [6, 6.07) is 0.936. The van der Waals surface area contributed by atoms with Crippen LogP contribution < -0.4 is 9.47 Å². The van der Waals surface area contributed by atoms with Gasteiger partial charge >= 0.3 is 6.16 Å². The summed E-state index contributed by atoms with van der Waals surface area (Å²) in [5.41, 5.74) is -1.28. The second kappa shape index (κ2) is 9.65. The number of benzene rings is 1. The van der Waals surface area contributed by atoms with Crippen molar-refractivity contribution < 1.29 is 42.2 Å². The zero-order chi connectivity index (χ0) is 30.3. The molecule has 0 saturated carbocycles. The van der Waals surface area contributed by atoms with Gasteiger partial charge in [-0.2, -0.15) is 0 Å². The predicted molar refractivity (Wildman–Crippen MR) is 146 cm³/mol. The SMILES string of the molecule is CCCCOc1noc2c1C(=O)[C@@]13OC1=C1C(=O)c4c(OC(=O)OC(C)(C)C)cc(C)c(F)c4C[C@H]1C[C@H]3[C@@H]2N(C)C. The molecule has 1 spiro atoms. The number of hydrogen-bond donors (Lipinski definition) is 0. The average molecular weight is 583 g/mol. The Balaban J connectivity index is 1.44. The molecule has 3 aliphatic carbocycles. The van der Waals surface area contributed by atoms with Crippen molar-refractivity contribution >= 4 is 17.7 Å². The van der Waals surface area contributed by atoms with Crippen molar-refractivity contribution in [1.82, 2.24) is 10.1 Å². The molecule has 4 atom stereocenters. The summed E-state index contributed by atoms with van der Waals surface area (Å²) in [6.07, 6.45) is 1.24. The first-order chi connectivity index (χ1) is 19.8. The quantitative estimate of drug-likeness (QED) is 0.187. The van der Waals surface area contributed by atoms with Crippen molar-refractivity contribution in [2.75, 3.05) is 20.7 Å². The van der Waals surface area contributed by atoms with Crippen molar-refractivity contribution in [3.63, 3.8) is 0 Å². The number of nitrogens with zero attached hydrogens (tertiary/aromatic N) is 2. The number of rotatable bonds is 6. The first kappa shape index (κ1) is 28.4. The largest absolute Gasteiger partial charge is 0.514 e. The lowest BCUT2D eigenvalue weighted by atomic mass is 9.61. The Hall–Kier alpha value is -3.73. The van der Waals surface area contributed by atoms with Crippen LogP contribution in [0, 0.1) is 24.6 Å². The van der Waals surface area contributed by atoms with E-state index in [0.717, 1.165) is 12.8 Å². The molecule has 11 heteroatoms. The summed E-state index contributed by atoms with van der Waals surface area (Å²) in [6.45, 7) is 9.03. The Bertz CT molecular complexity index is 1550. The summed E-state index contributed by atoms with van der Waals surface area (Å²) in [5.74, 6) is -1.48. The van der Waals surface area contributed by atoms with Crippen molar-refractivity contribution in [3.05, 3.63) is 51.2 Å². The Morgan fingerprint density at radius 2 is 1.98 bits per heavy atom. The highest BCUT2D eigenvalue weighted by atomic mass is 19.1. The number of hydrogen-bond acceptors (Lipinski definition) is 10. The molecule has 0 bridgehead atoms. The van der Waals surface area contributed by atoms with Gasteiger partial charge in [0, 0.05) is 17.1 Å². The number of epoxide rings is 1. The van der Waals surface area contributed by atoms with Gasteiger partial charge in [0.2, 0.25) is 11.4 Å². The number of Topliss-reactive ketones (excluding diaryl/α,β-unsaturated/α-hetero) is 2. The average Bonchev–Trinajstić information content (AvgIpc) is 3.51. The van der Waals surface area contributed by atoms with E-state index in [1.165, 1.54) is 6.07 Å². The molecular weight excluding hydrogens is 547 g/mol. The molecule has 10 nitrogen and oxygen atoms in total. The molecule has 0 N–H and O–H groups in total. The Morgan fingerprint density at radius 3 is 2.64 bits per heavy atom. The molecule has 42 heavy (non-hydrogen) atoms. The van der Waals surface area contributed by atoms with Crippen LogP contribution in [0.4, 0.5) is 9.18 Å². The van der Waals surface area contributed by atoms with Gasteiger partial charge < -0.3 is 23.5 Å². The van der Waals surface area contributed by atoms with E-state index >= 15 is 4.39 Å². The van der Waals surface area contributed by atoms with Crippen LogP contribution in [0.15, 0.2) is 21.9 Å². The Kier molecular flexibility index (Phi) is 6.53. The van der Waals surface area contributed by atoms with Gasteiger partial charge in [0.1, 0.15) is 22.7 Å². The van der Waals surface area contributed by atoms with Gasteiger partial charge in [-0.1, -0.05) is 13.3 Å². The van der Waals surface area contributed by atoms with E-state index in [4.69, 9.17) is 23.5 Å². The maximum atomic E-state index is 15.6. The third kappa shape index (κ3) is 4.15. The van der Waals surface area contributed by atoms with E-state index in [2.05, 4.69) is 5.16 Å². The Morgan fingerprint density at radius 1 is 1.24 bits per heavy atom. The fourth-order valence-electron chi connectivity index (χ4n) is 6.72. The van der Waals surface area contributed by atoms with E-state index in [1.54, 1.807) is 27.7 Å². The van der Waals surface area contributed by atoms with Crippen molar-refractivity contribution in [1.29, 1.82) is 0 Å². The second-order valence-electron chi connectivity index (χ2n) is 12.7. The zero-order valence-electron chi connectivity index (χ0n) is 24.9. The van der Waals surface area contributed by atoms with E-state index < -0.39 is 46.8 Å². The molecule has 1 fully saturated rings. The number of ketones is 2. The standard InChI is InChI=1S/C31H35FN2O8/c1-8-9-10-38-28-21-25(42-33-28)23(34(6)7)17-13-15-12-16-20(24(35)19(15)27-31(17,40-27)26(21)36)18(11-14(2)22(16)32)39-29(37)41-30(3,4)5/h11,15,17,23H,8-10,12-13H2,1-7H3/t15-,17-,23-,31+/m0/s1. The lowest BCUT2D eigenvalue weighted by Crippen LogP contribution is -2.49. The summed E-state index contributed by atoms with van der Waals surface area (Å²) < 4.78 is 44.1. The van der Waals surface area contributed by atoms with Crippen LogP contribution in [0.2, 0.25) is 0 Å². The molecule has 0 radical (unpaired) electrons. The maximum Gasteiger partial charge on any atom is 0.514 e. The van der Waals surface area contributed by atoms with Gasteiger partial charge in [0.15, 0.2) is 17.3 Å². The lowest BCUT2D eigenvalue weighted by molar-refractivity contribution is 0.0204. The number of fused-ring (bicyclic) bond motifs is 3. The lowest BCUT2D eigenvalue weighted by Gasteiger charge is -2.41. The van der Waals surface area contributed by atoms with Crippen LogP contribution in [0.25, 0.3) is 0 Å². The first-order valence-corrected chi connectivity index (χ1v) is 14.3. The van der Waals surface area contributed by atoms with Crippen LogP contribution in [0.5, 0.6) is 11.6 Å². The van der Waals surface area contributed by atoms with Gasteiger partial charge in [-0.15, -0.1) is 0 Å². The fraction of sp³-hybridized carbons (Fsp3) is 0.548. The predicted octanol–water partition coefficient (Wildman–Crippen LogP) is 5.51. The van der Waals surface area contributed by atoms with E-state index in [-0.39, 0.29) is 51.8 Å². The smallest absolute Gasteiger partial charge is 0.475 e. The molecule has 2 aromatic rings. The minimum Gasteiger partial charge on any atom is -0.475 e. The third-order valence-corrected chi connectivity index (χ3v) is 8.48. The topological polar surface area (TPSA) is 121 Å². The molecule has 224 valence electrons. The highest BCUT2D eigenvalue weighted by molar-refractivity contribution is 6.18. The molecule has 1 aromatic carbocycles. The molecule has 1 aliphatic heterocycles. The molecule has 0 amide bonds. The minimum atomic E-state index is -1.37. The van der Waals surface area contributed by atoms with Crippen molar-refractivity contribution in [2.45, 2.75) is 77.5 Å². The third-order valence-electron chi connectivity index (χ3n) is 8.48. The normalized spacial score (nSPS) is 25.6. The van der Waals surface area contributed by atoms with E-state index in [9.17, 15) is 14.4 Å². The second-order valence-corrected chi connectivity index (χ2v) is 12.7. The highest BCUT2D eigenvalue weighted by Crippen LogP contribution is 2.66. The van der Waals surface area contributed by atoms with Crippen molar-refractivity contribution in [3.8, 4) is 11.6 Å². The molecule has 1 aromatic heterocycles. The van der Waals surface area contributed by atoms with Crippen LogP contribution >= 0.6 is 0 Å². The van der Waals surface area contributed by atoms with Crippen LogP contribution in [0.1, 0.15) is 90.6 Å². The van der Waals surface area contributed by atoms with Crippen molar-refractivity contribution in [2.24, 2.45) is 11.8 Å². The molecule has 1 saturated heterocycles. The monoisotopic (exact) mass is 582 g/mol.